The monoisotopic (exact) mass is 353 g/mol. The van der Waals surface area contributed by atoms with Crippen LogP contribution in [0.3, 0.4) is 0 Å². The van der Waals surface area contributed by atoms with Gasteiger partial charge in [-0.15, -0.1) is 0 Å². The highest BCUT2D eigenvalue weighted by atomic mass is 32.2. The number of carbonyl (C=O) groups excluding carboxylic acids is 2. The van der Waals surface area contributed by atoms with E-state index in [1.54, 1.807) is 0 Å². The van der Waals surface area contributed by atoms with Crippen LogP contribution in [0.1, 0.15) is 23.7 Å². The number of aromatic carboxylic acids is 1. The summed E-state index contributed by atoms with van der Waals surface area (Å²) >= 11 is 1.17. The molecule has 1 aliphatic heterocycles. The van der Waals surface area contributed by atoms with E-state index in [0.29, 0.717) is 18.0 Å². The number of amides is 1. The maximum absolute atomic E-state index is 12.3. The van der Waals surface area contributed by atoms with Crippen molar-refractivity contribution in [3.8, 4) is 11.5 Å². The summed E-state index contributed by atoms with van der Waals surface area (Å²) in [5.74, 6) is -0.144. The Bertz CT molecular complexity index is 675. The van der Waals surface area contributed by atoms with E-state index in [1.807, 2.05) is 0 Å². The number of nitrogens with zero attached hydrogens (tertiary/aromatic N) is 1. The van der Waals surface area contributed by atoms with E-state index in [0.717, 1.165) is 0 Å². The number of hydrogen-bond acceptors (Lipinski definition) is 6. The molecule has 1 fully saturated rings. The SMILES string of the molecule is COc1cc(C(=O)O)c(N2CC(CSC(C)=O)CC2=O)cc1OC. The molecule has 1 aromatic rings. The van der Waals surface area contributed by atoms with Gasteiger partial charge in [0.2, 0.25) is 5.91 Å². The van der Waals surface area contributed by atoms with Crippen molar-refractivity contribution in [2.75, 3.05) is 31.4 Å². The van der Waals surface area contributed by atoms with Crippen molar-refractivity contribution in [2.24, 2.45) is 5.92 Å². The molecule has 1 unspecified atom stereocenters. The van der Waals surface area contributed by atoms with Crippen LogP contribution in [0.4, 0.5) is 5.69 Å². The van der Waals surface area contributed by atoms with Gasteiger partial charge in [0.15, 0.2) is 16.6 Å². The standard InChI is InChI=1S/C16H19NO6S/c1-9(18)24-8-10-4-15(19)17(7-10)12-6-14(23-3)13(22-2)5-11(12)16(20)21/h5-6,10H,4,7-8H2,1-3H3,(H,20,21). The number of carboxylic acid groups (broad SMARTS) is 1. The minimum absolute atomic E-state index is 0.00106. The number of anilines is 1. The number of ether oxygens (including phenoxy) is 2. The molecule has 0 saturated carbocycles. The van der Waals surface area contributed by atoms with Crippen molar-refractivity contribution in [3.63, 3.8) is 0 Å². The van der Waals surface area contributed by atoms with Gasteiger partial charge in [-0.1, -0.05) is 11.8 Å². The molecule has 1 aliphatic rings. The molecule has 130 valence electrons. The third-order valence-electron chi connectivity index (χ3n) is 3.75. The Hall–Kier alpha value is -2.22. The van der Waals surface area contributed by atoms with Gasteiger partial charge in [0.05, 0.1) is 25.5 Å². The first kappa shape index (κ1) is 18.1. The average Bonchev–Trinajstić information content (AvgIpc) is 2.92. The van der Waals surface area contributed by atoms with E-state index in [2.05, 4.69) is 0 Å². The van der Waals surface area contributed by atoms with Gasteiger partial charge in [0.1, 0.15) is 0 Å². The lowest BCUT2D eigenvalue weighted by Crippen LogP contribution is -2.27. The minimum Gasteiger partial charge on any atom is -0.493 e. The first-order chi connectivity index (χ1) is 11.4. The summed E-state index contributed by atoms with van der Waals surface area (Å²) in [5.41, 5.74) is 0.251. The topological polar surface area (TPSA) is 93.1 Å². The van der Waals surface area contributed by atoms with Gasteiger partial charge in [-0.05, 0) is 5.92 Å². The number of rotatable bonds is 6. The maximum atomic E-state index is 12.3. The van der Waals surface area contributed by atoms with E-state index in [4.69, 9.17) is 9.47 Å². The highest BCUT2D eigenvalue weighted by Crippen LogP contribution is 2.38. The molecule has 1 saturated heterocycles. The van der Waals surface area contributed by atoms with Crippen molar-refractivity contribution < 1.29 is 29.0 Å². The average molecular weight is 353 g/mol. The van der Waals surface area contributed by atoms with Gasteiger partial charge in [-0.3, -0.25) is 9.59 Å². The quantitative estimate of drug-likeness (QED) is 0.836. The second-order valence-corrected chi connectivity index (χ2v) is 6.60. The van der Waals surface area contributed by atoms with Gasteiger partial charge < -0.3 is 19.5 Å². The lowest BCUT2D eigenvalue weighted by molar-refractivity contribution is -0.117. The molecule has 1 N–H and O–H groups in total. The molecule has 24 heavy (non-hydrogen) atoms. The van der Waals surface area contributed by atoms with Crippen LogP contribution < -0.4 is 14.4 Å². The highest BCUT2D eigenvalue weighted by Gasteiger charge is 2.33. The van der Waals surface area contributed by atoms with Crippen molar-refractivity contribution >= 4 is 34.4 Å². The molecule has 1 amide bonds. The molecule has 2 rings (SSSR count). The van der Waals surface area contributed by atoms with Crippen molar-refractivity contribution in [2.45, 2.75) is 13.3 Å². The fraction of sp³-hybridized carbons (Fsp3) is 0.438. The molecule has 1 aromatic carbocycles. The smallest absolute Gasteiger partial charge is 0.337 e. The predicted octanol–water partition coefficient (Wildman–Crippen LogP) is 2.03. The lowest BCUT2D eigenvalue weighted by Gasteiger charge is -2.21. The molecule has 1 heterocycles. The fourth-order valence-corrected chi connectivity index (χ4v) is 3.32. The number of hydrogen-bond donors (Lipinski definition) is 1. The second-order valence-electron chi connectivity index (χ2n) is 5.41. The van der Waals surface area contributed by atoms with Crippen LogP contribution >= 0.6 is 11.8 Å². The largest absolute Gasteiger partial charge is 0.493 e. The Morgan fingerprint density at radius 1 is 1.29 bits per heavy atom. The molecule has 0 bridgehead atoms. The third kappa shape index (κ3) is 3.81. The van der Waals surface area contributed by atoms with E-state index in [1.165, 1.54) is 49.9 Å². The molecule has 0 aliphatic carbocycles. The minimum atomic E-state index is -1.15. The van der Waals surface area contributed by atoms with Crippen molar-refractivity contribution in [1.29, 1.82) is 0 Å². The van der Waals surface area contributed by atoms with E-state index in [-0.39, 0.29) is 40.4 Å². The highest BCUT2D eigenvalue weighted by molar-refractivity contribution is 8.13. The van der Waals surface area contributed by atoms with Gasteiger partial charge in [0.25, 0.3) is 0 Å². The van der Waals surface area contributed by atoms with Crippen LogP contribution in [0.25, 0.3) is 0 Å². The summed E-state index contributed by atoms with van der Waals surface area (Å²) in [6.07, 6.45) is 0.285. The van der Waals surface area contributed by atoms with E-state index < -0.39 is 5.97 Å². The Labute approximate surface area is 143 Å². The van der Waals surface area contributed by atoms with E-state index >= 15 is 0 Å². The lowest BCUT2D eigenvalue weighted by atomic mass is 10.1. The summed E-state index contributed by atoms with van der Waals surface area (Å²) in [6, 6.07) is 2.85. The predicted molar refractivity (Wildman–Crippen MR) is 90.1 cm³/mol. The Morgan fingerprint density at radius 3 is 2.46 bits per heavy atom. The molecule has 1 atom stereocenters. The third-order valence-corrected chi connectivity index (χ3v) is 4.80. The van der Waals surface area contributed by atoms with Crippen LogP contribution in [0.5, 0.6) is 11.5 Å². The first-order valence-corrected chi connectivity index (χ1v) is 8.29. The molecule has 0 radical (unpaired) electrons. The zero-order valence-electron chi connectivity index (χ0n) is 13.7. The van der Waals surface area contributed by atoms with Crippen LogP contribution in [-0.2, 0) is 9.59 Å². The molecule has 0 aromatic heterocycles. The van der Waals surface area contributed by atoms with Crippen LogP contribution in [-0.4, -0.2) is 48.6 Å². The zero-order chi connectivity index (χ0) is 17.9. The Balaban J connectivity index is 2.34. The van der Waals surface area contributed by atoms with Crippen LogP contribution in [0.15, 0.2) is 12.1 Å². The van der Waals surface area contributed by atoms with Gasteiger partial charge in [-0.25, -0.2) is 4.79 Å². The summed E-state index contributed by atoms with van der Waals surface area (Å²) in [7, 11) is 2.86. The Kier molecular flexibility index (Phi) is 5.71. The summed E-state index contributed by atoms with van der Waals surface area (Å²) in [4.78, 5) is 36.4. The maximum Gasteiger partial charge on any atom is 0.337 e. The van der Waals surface area contributed by atoms with Gasteiger partial charge in [0, 0.05) is 37.8 Å². The number of thioether (sulfide) groups is 1. The first-order valence-electron chi connectivity index (χ1n) is 7.30. The molecule has 8 heteroatoms. The summed E-state index contributed by atoms with van der Waals surface area (Å²) in [5, 5.41) is 9.45. The molecular weight excluding hydrogens is 334 g/mol. The van der Waals surface area contributed by atoms with Crippen molar-refractivity contribution in [1.82, 2.24) is 0 Å². The number of carboxylic acids is 1. The molecule has 7 nitrogen and oxygen atoms in total. The summed E-state index contributed by atoms with van der Waals surface area (Å²) in [6.45, 7) is 1.85. The summed E-state index contributed by atoms with van der Waals surface area (Å²) < 4.78 is 10.3. The van der Waals surface area contributed by atoms with Gasteiger partial charge in [-0.2, -0.15) is 0 Å². The number of carbonyl (C=O) groups is 3. The fourth-order valence-electron chi connectivity index (χ4n) is 2.62. The van der Waals surface area contributed by atoms with E-state index in [9.17, 15) is 19.5 Å². The number of methoxy groups -OCH3 is 2. The zero-order valence-corrected chi connectivity index (χ0v) is 14.5. The van der Waals surface area contributed by atoms with Crippen LogP contribution in [0, 0.1) is 5.92 Å². The van der Waals surface area contributed by atoms with Crippen molar-refractivity contribution in [3.05, 3.63) is 17.7 Å². The normalized spacial score (nSPS) is 17.0. The number of benzene rings is 1. The second kappa shape index (κ2) is 7.57. The Morgan fingerprint density at radius 2 is 1.92 bits per heavy atom. The molecule has 0 spiro atoms. The molecular formula is C16H19NO6S. The van der Waals surface area contributed by atoms with Gasteiger partial charge >= 0.3 is 5.97 Å². The van der Waals surface area contributed by atoms with Crippen LogP contribution in [0.2, 0.25) is 0 Å².